The van der Waals surface area contributed by atoms with E-state index in [9.17, 15) is 35.1 Å². The molecule has 0 spiro atoms. The molecule has 11 nitrogen and oxygen atoms in total. The zero-order valence-corrected chi connectivity index (χ0v) is 54.1. The Labute approximate surface area is 515 Å². The smallest absolute Gasteiger partial charge is 0.305 e. The Bertz CT molecular complexity index is 1630. The molecule has 84 heavy (non-hydrogen) atoms. The molecule has 0 bridgehead atoms. The molecule has 11 heteroatoms. The SMILES string of the molecule is C/C=C/CC/C=C/CC/C=C/C(O)C(COC1OC(CO)C(O)C(O)C1O)NC(=O)CCCCCCCCCCCCCCC/C=C\C/C=C\CCCCCCCCCCCOC(=O)CCCCCCCCC/C=C\CCCCCCCCC. The summed E-state index contributed by atoms with van der Waals surface area (Å²) < 4.78 is 16.7. The third-order valence-electron chi connectivity index (χ3n) is 16.3. The second-order valence-electron chi connectivity index (χ2n) is 24.2. The Morgan fingerprint density at radius 2 is 0.857 bits per heavy atom. The maximum atomic E-state index is 13.0. The highest BCUT2D eigenvalue weighted by Crippen LogP contribution is 2.23. The number of hydrogen-bond acceptors (Lipinski definition) is 10. The molecule has 7 atom stereocenters. The molecule has 0 aromatic carbocycles. The van der Waals surface area contributed by atoms with Crippen LogP contribution in [0.5, 0.6) is 0 Å². The molecule has 1 saturated heterocycles. The summed E-state index contributed by atoms with van der Waals surface area (Å²) in [5, 5.41) is 54.2. The van der Waals surface area contributed by atoms with Crippen molar-refractivity contribution in [1.29, 1.82) is 0 Å². The summed E-state index contributed by atoms with van der Waals surface area (Å²) in [4.78, 5) is 25.1. The molecular weight excluding hydrogens is 1050 g/mol. The van der Waals surface area contributed by atoms with Crippen LogP contribution >= 0.6 is 0 Å². The Morgan fingerprint density at radius 1 is 0.464 bits per heavy atom. The van der Waals surface area contributed by atoms with E-state index in [1.807, 2.05) is 19.1 Å². The van der Waals surface area contributed by atoms with Crippen molar-refractivity contribution in [2.24, 2.45) is 0 Å². The van der Waals surface area contributed by atoms with E-state index in [1.165, 1.54) is 218 Å². The van der Waals surface area contributed by atoms with Gasteiger partial charge >= 0.3 is 5.97 Å². The number of carbonyl (C=O) groups is 2. The fraction of sp³-hybridized carbons (Fsp3) is 0.808. The first-order valence-corrected chi connectivity index (χ1v) is 35.2. The van der Waals surface area contributed by atoms with Gasteiger partial charge in [-0.1, -0.05) is 266 Å². The number of amides is 1. The summed E-state index contributed by atoms with van der Waals surface area (Å²) in [5.74, 6) is -0.201. The number of aliphatic hydroxyl groups is 5. The van der Waals surface area contributed by atoms with Crippen molar-refractivity contribution in [2.45, 2.75) is 358 Å². The molecule has 6 N–H and O–H groups in total. The monoisotopic (exact) mass is 1180 g/mol. The summed E-state index contributed by atoms with van der Waals surface area (Å²) in [6, 6.07) is -0.836. The molecule has 7 unspecified atom stereocenters. The molecule has 1 heterocycles. The van der Waals surface area contributed by atoms with Crippen molar-refractivity contribution in [1.82, 2.24) is 5.32 Å². The number of ether oxygens (including phenoxy) is 3. The zero-order chi connectivity index (χ0) is 60.9. The normalized spacial score (nSPS) is 18.5. The Balaban J connectivity index is 1.93. The van der Waals surface area contributed by atoms with Gasteiger partial charge in [0.2, 0.25) is 5.91 Å². The van der Waals surface area contributed by atoms with Crippen LogP contribution in [0.3, 0.4) is 0 Å². The number of allylic oxidation sites excluding steroid dienone is 11. The number of unbranched alkanes of at least 4 members (excludes halogenated alkanes) is 38. The highest BCUT2D eigenvalue weighted by Gasteiger charge is 2.44. The van der Waals surface area contributed by atoms with E-state index in [4.69, 9.17) is 14.2 Å². The highest BCUT2D eigenvalue weighted by atomic mass is 16.7. The maximum Gasteiger partial charge on any atom is 0.305 e. The lowest BCUT2D eigenvalue weighted by atomic mass is 9.99. The third kappa shape index (κ3) is 50.1. The van der Waals surface area contributed by atoms with E-state index in [0.717, 1.165) is 70.6 Å². The van der Waals surface area contributed by atoms with E-state index >= 15 is 0 Å². The van der Waals surface area contributed by atoms with Gasteiger partial charge in [-0.05, 0) is 110 Å². The van der Waals surface area contributed by atoms with Crippen LogP contribution < -0.4 is 5.32 Å². The van der Waals surface area contributed by atoms with Gasteiger partial charge in [0.1, 0.15) is 24.4 Å². The predicted octanol–water partition coefficient (Wildman–Crippen LogP) is 17.9. The first-order valence-electron chi connectivity index (χ1n) is 35.2. The summed E-state index contributed by atoms with van der Waals surface area (Å²) in [6.07, 6.45) is 73.6. The van der Waals surface area contributed by atoms with Crippen LogP contribution in [-0.4, -0.2) is 100 Å². The van der Waals surface area contributed by atoms with Gasteiger partial charge in [0, 0.05) is 12.8 Å². The summed E-state index contributed by atoms with van der Waals surface area (Å²) in [7, 11) is 0. The summed E-state index contributed by atoms with van der Waals surface area (Å²) in [5.41, 5.74) is 0. The minimum absolute atomic E-state index is 0.000541. The minimum atomic E-state index is -1.58. The van der Waals surface area contributed by atoms with Crippen LogP contribution in [-0.2, 0) is 23.8 Å². The molecule has 0 aliphatic carbocycles. The Kier molecular flexibility index (Phi) is 58.1. The Hall–Kier alpha value is -2.90. The molecule has 1 aliphatic heterocycles. The number of nitrogens with one attached hydrogen (secondary N) is 1. The minimum Gasteiger partial charge on any atom is -0.466 e. The highest BCUT2D eigenvalue weighted by molar-refractivity contribution is 5.76. The van der Waals surface area contributed by atoms with Gasteiger partial charge in [0.05, 0.1) is 32.0 Å². The van der Waals surface area contributed by atoms with E-state index in [2.05, 4.69) is 66.9 Å². The van der Waals surface area contributed by atoms with Crippen LogP contribution in [0.15, 0.2) is 72.9 Å². The van der Waals surface area contributed by atoms with Gasteiger partial charge in [0.15, 0.2) is 6.29 Å². The molecule has 0 aromatic rings. The fourth-order valence-electron chi connectivity index (χ4n) is 10.8. The van der Waals surface area contributed by atoms with Crippen molar-refractivity contribution < 1.29 is 49.3 Å². The largest absolute Gasteiger partial charge is 0.466 e. The van der Waals surface area contributed by atoms with Crippen molar-refractivity contribution in [3.63, 3.8) is 0 Å². The van der Waals surface area contributed by atoms with E-state index < -0.39 is 49.5 Å². The first kappa shape index (κ1) is 79.1. The molecule has 0 radical (unpaired) electrons. The van der Waals surface area contributed by atoms with Crippen molar-refractivity contribution >= 4 is 11.9 Å². The number of carbonyl (C=O) groups excluding carboxylic acids is 2. The standard InChI is InChI=1S/C73H131NO10/c1-3-5-7-9-11-13-14-15-16-17-32-35-38-41-45-49-53-57-61-69(78)82-62-58-54-50-46-42-39-36-33-30-28-26-24-22-20-18-19-21-23-25-27-29-31-34-37-40-44-48-52-56-60-68(77)74-65(66(76)59-55-51-47-43-12-10-8-6-4-2)64-83-73-72(81)71(80)70(79)67(63-75)84-73/h4,6,12,16-18,20,24,26,43,55,59,65-67,70-73,75-76,79-81H,3,5,7-11,13-15,19,21-23,25,27-42,44-54,56-58,60-64H2,1-2H3,(H,74,77)/b6-4+,17-16-,20-18-,26-24-,43-12+,59-55+. The zero-order valence-electron chi connectivity index (χ0n) is 54.1. The van der Waals surface area contributed by atoms with Crippen LogP contribution in [0.1, 0.15) is 316 Å². The van der Waals surface area contributed by atoms with E-state index in [1.54, 1.807) is 6.08 Å². The average Bonchev–Trinajstić information content (AvgIpc) is 3.59. The van der Waals surface area contributed by atoms with Gasteiger partial charge in [-0.2, -0.15) is 0 Å². The van der Waals surface area contributed by atoms with Crippen molar-refractivity contribution in [2.75, 3.05) is 19.8 Å². The molecule has 488 valence electrons. The maximum absolute atomic E-state index is 13.0. The first-order chi connectivity index (χ1) is 41.2. The fourth-order valence-corrected chi connectivity index (χ4v) is 10.8. The van der Waals surface area contributed by atoms with Crippen LogP contribution in [0.2, 0.25) is 0 Å². The quantitative estimate of drug-likeness (QED) is 0.0195. The number of rotatable bonds is 61. The van der Waals surface area contributed by atoms with Gasteiger partial charge in [-0.25, -0.2) is 0 Å². The lowest BCUT2D eigenvalue weighted by Gasteiger charge is -2.40. The van der Waals surface area contributed by atoms with Crippen molar-refractivity contribution in [3.8, 4) is 0 Å². The average molecular weight is 1180 g/mol. The second kappa shape index (κ2) is 61.7. The topological polar surface area (TPSA) is 175 Å². The number of aliphatic hydroxyl groups excluding tert-OH is 5. The van der Waals surface area contributed by atoms with Crippen molar-refractivity contribution in [3.05, 3.63) is 72.9 Å². The van der Waals surface area contributed by atoms with E-state index in [0.29, 0.717) is 19.4 Å². The van der Waals surface area contributed by atoms with Crippen LogP contribution in [0.4, 0.5) is 0 Å². The third-order valence-corrected chi connectivity index (χ3v) is 16.3. The Morgan fingerprint density at radius 3 is 1.32 bits per heavy atom. The predicted molar refractivity (Wildman–Crippen MR) is 352 cm³/mol. The van der Waals surface area contributed by atoms with Crippen LogP contribution in [0.25, 0.3) is 0 Å². The second-order valence-corrected chi connectivity index (χ2v) is 24.2. The molecule has 1 aliphatic rings. The molecule has 0 aromatic heterocycles. The summed E-state index contributed by atoms with van der Waals surface area (Å²) >= 11 is 0. The molecule has 0 saturated carbocycles. The van der Waals surface area contributed by atoms with E-state index in [-0.39, 0.29) is 18.5 Å². The van der Waals surface area contributed by atoms with Gasteiger partial charge in [-0.3, -0.25) is 9.59 Å². The van der Waals surface area contributed by atoms with Gasteiger partial charge in [-0.15, -0.1) is 0 Å². The molecule has 1 rings (SSSR count). The van der Waals surface area contributed by atoms with Gasteiger partial charge < -0.3 is 45.1 Å². The number of hydrogen-bond donors (Lipinski definition) is 6. The van der Waals surface area contributed by atoms with Crippen LogP contribution in [0, 0.1) is 0 Å². The summed E-state index contributed by atoms with van der Waals surface area (Å²) in [6.45, 7) is 4.10. The lowest BCUT2D eigenvalue weighted by molar-refractivity contribution is -0.302. The lowest BCUT2D eigenvalue weighted by Crippen LogP contribution is -2.60. The molecule has 1 amide bonds. The van der Waals surface area contributed by atoms with Gasteiger partial charge in [0.25, 0.3) is 0 Å². The molecular formula is C73H131NO10. The molecule has 1 fully saturated rings. The number of esters is 1.